The Morgan fingerprint density at radius 1 is 1.71 bits per heavy atom. The summed E-state index contributed by atoms with van der Waals surface area (Å²) in [7, 11) is 0. The first kappa shape index (κ1) is 11.2. The molecule has 0 aromatic carbocycles. The first-order chi connectivity index (χ1) is 6.40. The summed E-state index contributed by atoms with van der Waals surface area (Å²) in [6.45, 7) is 4.32. The molecule has 0 saturated heterocycles. The van der Waals surface area contributed by atoms with E-state index in [0.29, 0.717) is 16.8 Å². The summed E-state index contributed by atoms with van der Waals surface area (Å²) in [5, 5.41) is 2.99. The zero-order valence-electron chi connectivity index (χ0n) is 8.10. The van der Waals surface area contributed by atoms with Gasteiger partial charge in [-0.05, 0) is 29.8 Å². The normalized spacial score (nSPS) is 11.4. The second-order valence-corrected chi connectivity index (χ2v) is 4.53. The lowest BCUT2D eigenvalue weighted by Gasteiger charge is -2.19. The topological polar surface area (TPSA) is 83.8 Å². The summed E-state index contributed by atoms with van der Waals surface area (Å²) in [4.78, 5) is 17.6. The van der Waals surface area contributed by atoms with E-state index >= 15 is 0 Å². The largest absolute Gasteiger partial charge is 0.367 e. The highest BCUT2D eigenvalue weighted by Gasteiger charge is 2.12. The molecule has 5 nitrogen and oxygen atoms in total. The highest BCUT2D eigenvalue weighted by atomic mass is 79.9. The van der Waals surface area contributed by atoms with Crippen LogP contribution in [0.2, 0.25) is 0 Å². The molecule has 0 aliphatic rings. The Morgan fingerprint density at radius 2 is 2.36 bits per heavy atom. The van der Waals surface area contributed by atoms with Gasteiger partial charge in [0.15, 0.2) is 0 Å². The lowest BCUT2D eigenvalue weighted by atomic mass is 10.1. The molecule has 0 aliphatic carbocycles. The van der Waals surface area contributed by atoms with E-state index in [1.165, 1.54) is 6.33 Å². The predicted octanol–water partition coefficient (Wildman–Crippen LogP) is 0.682. The van der Waals surface area contributed by atoms with Crippen LogP contribution in [0.5, 0.6) is 0 Å². The lowest BCUT2D eigenvalue weighted by Crippen LogP contribution is -2.40. The maximum Gasteiger partial charge on any atom is 0.267 e. The van der Waals surface area contributed by atoms with Crippen LogP contribution >= 0.6 is 15.9 Å². The average Bonchev–Trinajstić information content (AvgIpc) is 2.06. The maximum atomic E-state index is 11.2. The molecule has 14 heavy (non-hydrogen) atoms. The Hall–Kier alpha value is -0.880. The molecular formula is C8H13BrN4O. The zero-order valence-corrected chi connectivity index (χ0v) is 9.68. The number of aromatic amines is 1. The van der Waals surface area contributed by atoms with Gasteiger partial charge in [0.25, 0.3) is 5.56 Å². The van der Waals surface area contributed by atoms with Gasteiger partial charge in [-0.25, -0.2) is 4.98 Å². The van der Waals surface area contributed by atoms with Gasteiger partial charge in [0, 0.05) is 12.1 Å². The van der Waals surface area contributed by atoms with Crippen LogP contribution in [0.25, 0.3) is 0 Å². The van der Waals surface area contributed by atoms with Crippen molar-refractivity contribution in [2.45, 2.75) is 19.4 Å². The number of rotatable bonds is 3. The third-order valence-electron chi connectivity index (χ3n) is 1.51. The SMILES string of the molecule is CC(C)(N)CNc1nc[nH]c(=O)c1Br. The quantitative estimate of drug-likeness (QED) is 0.747. The third kappa shape index (κ3) is 3.12. The van der Waals surface area contributed by atoms with E-state index in [2.05, 4.69) is 31.2 Å². The van der Waals surface area contributed by atoms with Crippen LogP contribution in [0.15, 0.2) is 15.6 Å². The molecule has 0 saturated carbocycles. The van der Waals surface area contributed by atoms with E-state index in [1.807, 2.05) is 13.8 Å². The van der Waals surface area contributed by atoms with Gasteiger partial charge in [0.05, 0.1) is 6.33 Å². The minimum absolute atomic E-state index is 0.211. The van der Waals surface area contributed by atoms with Gasteiger partial charge >= 0.3 is 0 Å². The van der Waals surface area contributed by atoms with Crippen LogP contribution in [0.3, 0.4) is 0 Å². The number of anilines is 1. The second-order valence-electron chi connectivity index (χ2n) is 3.74. The second kappa shape index (κ2) is 4.10. The van der Waals surface area contributed by atoms with Crippen LogP contribution < -0.4 is 16.6 Å². The minimum atomic E-state index is -0.344. The van der Waals surface area contributed by atoms with Gasteiger partial charge in [-0.2, -0.15) is 0 Å². The molecule has 0 radical (unpaired) electrons. The zero-order chi connectivity index (χ0) is 10.8. The molecule has 1 rings (SSSR count). The first-order valence-corrected chi connectivity index (χ1v) is 4.95. The van der Waals surface area contributed by atoms with Gasteiger partial charge in [-0.3, -0.25) is 4.79 Å². The Kier molecular flexibility index (Phi) is 3.28. The fourth-order valence-corrected chi connectivity index (χ4v) is 1.17. The summed E-state index contributed by atoms with van der Waals surface area (Å²) < 4.78 is 0.393. The number of hydrogen-bond acceptors (Lipinski definition) is 4. The van der Waals surface area contributed by atoms with E-state index < -0.39 is 0 Å². The van der Waals surface area contributed by atoms with Crippen molar-refractivity contribution >= 4 is 21.7 Å². The molecule has 0 bridgehead atoms. The third-order valence-corrected chi connectivity index (χ3v) is 2.24. The highest BCUT2D eigenvalue weighted by molar-refractivity contribution is 9.10. The molecule has 0 unspecified atom stereocenters. The average molecular weight is 261 g/mol. The molecule has 1 aromatic heterocycles. The number of H-pyrrole nitrogens is 1. The summed E-state index contributed by atoms with van der Waals surface area (Å²) in [5.74, 6) is 0.507. The van der Waals surface area contributed by atoms with Crippen LogP contribution in [0.4, 0.5) is 5.82 Å². The minimum Gasteiger partial charge on any atom is -0.367 e. The summed E-state index contributed by atoms with van der Waals surface area (Å²) in [6, 6.07) is 0. The molecule has 1 aromatic rings. The standard InChI is InChI=1S/C8H13BrN4O/c1-8(2,10)3-11-6-5(9)7(14)13-4-12-6/h4H,3,10H2,1-2H3,(H2,11,12,13,14). The lowest BCUT2D eigenvalue weighted by molar-refractivity contribution is 0.548. The molecule has 4 N–H and O–H groups in total. The molecule has 0 amide bonds. The number of hydrogen-bond donors (Lipinski definition) is 3. The van der Waals surface area contributed by atoms with Crippen molar-refractivity contribution in [2.24, 2.45) is 5.73 Å². The molecule has 1 heterocycles. The molecule has 0 spiro atoms. The highest BCUT2D eigenvalue weighted by Crippen LogP contribution is 2.13. The van der Waals surface area contributed by atoms with Gasteiger partial charge in [0.2, 0.25) is 0 Å². The summed E-state index contributed by atoms with van der Waals surface area (Å²) in [6.07, 6.45) is 1.35. The molecule has 0 aliphatic heterocycles. The summed E-state index contributed by atoms with van der Waals surface area (Å²) in [5.41, 5.74) is 5.23. The molecule has 78 valence electrons. The molecule has 6 heteroatoms. The Labute approximate surface area is 90.2 Å². The van der Waals surface area contributed by atoms with Crippen molar-refractivity contribution in [3.63, 3.8) is 0 Å². The van der Waals surface area contributed by atoms with Crippen molar-refractivity contribution < 1.29 is 0 Å². The van der Waals surface area contributed by atoms with Crippen LogP contribution in [0.1, 0.15) is 13.8 Å². The van der Waals surface area contributed by atoms with Gasteiger partial charge in [0.1, 0.15) is 10.3 Å². The first-order valence-electron chi connectivity index (χ1n) is 4.16. The molecular weight excluding hydrogens is 248 g/mol. The molecule has 0 atom stereocenters. The smallest absolute Gasteiger partial charge is 0.267 e. The summed E-state index contributed by atoms with van der Waals surface area (Å²) >= 11 is 3.14. The van der Waals surface area contributed by atoms with E-state index in [4.69, 9.17) is 5.73 Å². The van der Waals surface area contributed by atoms with Crippen LogP contribution in [-0.4, -0.2) is 22.1 Å². The van der Waals surface area contributed by atoms with Gasteiger partial charge in [-0.1, -0.05) is 0 Å². The van der Waals surface area contributed by atoms with E-state index in [1.54, 1.807) is 0 Å². The van der Waals surface area contributed by atoms with E-state index in [0.717, 1.165) is 0 Å². The van der Waals surface area contributed by atoms with E-state index in [9.17, 15) is 4.79 Å². The Bertz CT molecular complexity index is 368. The number of nitrogens with one attached hydrogen (secondary N) is 2. The van der Waals surface area contributed by atoms with E-state index in [-0.39, 0.29) is 11.1 Å². The molecule has 0 fully saturated rings. The van der Waals surface area contributed by atoms with Crippen LogP contribution in [-0.2, 0) is 0 Å². The Morgan fingerprint density at radius 3 is 2.93 bits per heavy atom. The van der Waals surface area contributed by atoms with Crippen molar-refractivity contribution in [1.82, 2.24) is 9.97 Å². The number of aromatic nitrogens is 2. The van der Waals surface area contributed by atoms with Gasteiger partial charge < -0.3 is 16.0 Å². The number of halogens is 1. The maximum absolute atomic E-state index is 11.2. The van der Waals surface area contributed by atoms with Gasteiger partial charge in [-0.15, -0.1) is 0 Å². The predicted molar refractivity (Wildman–Crippen MR) is 59.3 cm³/mol. The van der Waals surface area contributed by atoms with Crippen molar-refractivity contribution in [2.75, 3.05) is 11.9 Å². The van der Waals surface area contributed by atoms with Crippen LogP contribution in [0, 0.1) is 0 Å². The fraction of sp³-hybridized carbons (Fsp3) is 0.500. The number of nitrogens with zero attached hydrogens (tertiary/aromatic N) is 1. The monoisotopic (exact) mass is 260 g/mol. The Balaban J connectivity index is 2.78. The van der Waals surface area contributed by atoms with Crippen molar-refractivity contribution in [1.29, 1.82) is 0 Å². The van der Waals surface area contributed by atoms with Crippen molar-refractivity contribution in [3.05, 3.63) is 21.2 Å². The number of nitrogens with two attached hydrogens (primary N) is 1. The van der Waals surface area contributed by atoms with Crippen molar-refractivity contribution in [3.8, 4) is 0 Å². The fourth-order valence-electron chi connectivity index (χ4n) is 0.818.